The number of rotatable bonds is 6. The van der Waals surface area contributed by atoms with Gasteiger partial charge in [-0.3, -0.25) is 9.59 Å². The highest BCUT2D eigenvalue weighted by Gasteiger charge is 2.40. The van der Waals surface area contributed by atoms with E-state index in [4.69, 9.17) is 0 Å². The lowest BCUT2D eigenvalue weighted by atomic mass is 9.89. The van der Waals surface area contributed by atoms with Crippen molar-refractivity contribution in [3.63, 3.8) is 0 Å². The SMILES string of the molecule is CC(C)N(Cc1ccccc1)C(=O)C(C)(C)C(=O)Nc1ccc(F)c(F)c1. The first-order valence-corrected chi connectivity index (χ1v) is 8.74. The molecule has 0 aliphatic rings. The van der Waals surface area contributed by atoms with Crippen LogP contribution in [0, 0.1) is 17.0 Å². The molecule has 0 spiro atoms. The molecule has 0 bridgehead atoms. The second-order valence-corrected chi connectivity index (χ2v) is 7.22. The van der Waals surface area contributed by atoms with E-state index < -0.39 is 23.0 Å². The smallest absolute Gasteiger partial charge is 0.239 e. The molecule has 144 valence electrons. The quantitative estimate of drug-likeness (QED) is 0.764. The molecule has 0 unspecified atom stereocenters. The molecule has 0 aliphatic carbocycles. The number of hydrogen-bond donors (Lipinski definition) is 1. The van der Waals surface area contributed by atoms with Gasteiger partial charge in [-0.25, -0.2) is 8.78 Å². The molecule has 0 aliphatic heterocycles. The van der Waals surface area contributed by atoms with Crippen LogP contribution >= 0.6 is 0 Å². The highest BCUT2D eigenvalue weighted by molar-refractivity contribution is 6.09. The zero-order chi connectivity index (χ0) is 20.2. The summed E-state index contributed by atoms with van der Waals surface area (Å²) in [5, 5.41) is 2.50. The minimum atomic E-state index is -1.39. The van der Waals surface area contributed by atoms with Crippen molar-refractivity contribution in [1.29, 1.82) is 0 Å². The second kappa shape index (κ2) is 8.29. The Balaban J connectivity index is 2.19. The van der Waals surface area contributed by atoms with Gasteiger partial charge in [-0.2, -0.15) is 0 Å². The first-order valence-electron chi connectivity index (χ1n) is 8.74. The second-order valence-electron chi connectivity index (χ2n) is 7.22. The molecule has 2 aromatic rings. The molecule has 0 saturated carbocycles. The fraction of sp³-hybridized carbons (Fsp3) is 0.333. The Labute approximate surface area is 158 Å². The third kappa shape index (κ3) is 4.90. The van der Waals surface area contributed by atoms with E-state index in [0.717, 1.165) is 17.7 Å². The van der Waals surface area contributed by atoms with Crippen LogP contribution in [0.15, 0.2) is 48.5 Å². The molecule has 4 nitrogen and oxygen atoms in total. The van der Waals surface area contributed by atoms with E-state index in [0.29, 0.717) is 6.54 Å². The summed E-state index contributed by atoms with van der Waals surface area (Å²) < 4.78 is 26.4. The lowest BCUT2D eigenvalue weighted by Crippen LogP contribution is -2.49. The van der Waals surface area contributed by atoms with Crippen LogP contribution in [0.1, 0.15) is 33.3 Å². The maximum absolute atomic E-state index is 13.4. The van der Waals surface area contributed by atoms with Gasteiger partial charge in [0.25, 0.3) is 0 Å². The van der Waals surface area contributed by atoms with Gasteiger partial charge in [-0.1, -0.05) is 30.3 Å². The Kier molecular flexibility index (Phi) is 6.31. The van der Waals surface area contributed by atoms with Crippen LogP contribution in [-0.4, -0.2) is 22.8 Å². The molecular weight excluding hydrogens is 350 g/mol. The lowest BCUT2D eigenvalue weighted by molar-refractivity contribution is -0.148. The van der Waals surface area contributed by atoms with Crippen molar-refractivity contribution >= 4 is 17.5 Å². The van der Waals surface area contributed by atoms with Crippen molar-refractivity contribution in [1.82, 2.24) is 4.90 Å². The van der Waals surface area contributed by atoms with Crippen LogP contribution in [0.3, 0.4) is 0 Å². The van der Waals surface area contributed by atoms with E-state index >= 15 is 0 Å². The molecule has 0 atom stereocenters. The summed E-state index contributed by atoms with van der Waals surface area (Å²) in [6.07, 6.45) is 0. The molecule has 0 aromatic heterocycles. The minimum absolute atomic E-state index is 0.0962. The Morgan fingerprint density at radius 1 is 1.04 bits per heavy atom. The number of nitrogens with zero attached hydrogens (tertiary/aromatic N) is 1. The molecule has 0 radical (unpaired) electrons. The van der Waals surface area contributed by atoms with Gasteiger partial charge >= 0.3 is 0 Å². The van der Waals surface area contributed by atoms with Crippen molar-refractivity contribution in [2.45, 2.75) is 40.3 Å². The molecule has 0 fully saturated rings. The molecule has 0 heterocycles. The summed E-state index contributed by atoms with van der Waals surface area (Å²) in [7, 11) is 0. The molecule has 27 heavy (non-hydrogen) atoms. The fourth-order valence-corrected chi connectivity index (χ4v) is 2.59. The summed E-state index contributed by atoms with van der Waals surface area (Å²) >= 11 is 0. The predicted molar refractivity (Wildman–Crippen MR) is 101 cm³/mol. The standard InChI is InChI=1S/C21H24F2N2O2/c1-14(2)25(13-15-8-6-5-7-9-15)20(27)21(3,4)19(26)24-16-10-11-17(22)18(23)12-16/h5-12,14H,13H2,1-4H3,(H,24,26). The number of carbonyl (C=O) groups is 2. The first kappa shape index (κ1) is 20.6. The Bertz CT molecular complexity index is 820. The Morgan fingerprint density at radius 3 is 2.22 bits per heavy atom. The van der Waals surface area contributed by atoms with Gasteiger partial charge < -0.3 is 10.2 Å². The largest absolute Gasteiger partial charge is 0.335 e. The van der Waals surface area contributed by atoms with E-state index in [1.54, 1.807) is 4.90 Å². The van der Waals surface area contributed by atoms with Crippen molar-refractivity contribution < 1.29 is 18.4 Å². The number of halogens is 2. The van der Waals surface area contributed by atoms with Crippen molar-refractivity contribution in [3.8, 4) is 0 Å². The van der Waals surface area contributed by atoms with Gasteiger partial charge in [-0.15, -0.1) is 0 Å². The van der Waals surface area contributed by atoms with E-state index in [9.17, 15) is 18.4 Å². The summed E-state index contributed by atoms with van der Waals surface area (Å²) in [5.74, 6) is -3.00. The van der Waals surface area contributed by atoms with Crippen LogP contribution in [0.25, 0.3) is 0 Å². The number of carbonyl (C=O) groups excluding carboxylic acids is 2. The summed E-state index contributed by atoms with van der Waals surface area (Å²) in [6, 6.07) is 12.4. The summed E-state index contributed by atoms with van der Waals surface area (Å²) in [5.41, 5.74) is -0.334. The summed E-state index contributed by atoms with van der Waals surface area (Å²) in [6.45, 7) is 7.17. The van der Waals surface area contributed by atoms with Crippen LogP contribution < -0.4 is 5.32 Å². The number of anilines is 1. The molecular formula is C21H24F2N2O2. The molecule has 2 aromatic carbocycles. The average Bonchev–Trinajstić information content (AvgIpc) is 2.62. The zero-order valence-corrected chi connectivity index (χ0v) is 15.9. The van der Waals surface area contributed by atoms with Crippen LogP contribution in [-0.2, 0) is 16.1 Å². The number of nitrogens with one attached hydrogen (secondary N) is 1. The van der Waals surface area contributed by atoms with Gasteiger partial charge in [0.2, 0.25) is 11.8 Å². The van der Waals surface area contributed by atoms with E-state index in [1.807, 2.05) is 44.2 Å². The lowest BCUT2D eigenvalue weighted by Gasteiger charge is -2.34. The van der Waals surface area contributed by atoms with Crippen molar-refractivity contribution in [2.75, 3.05) is 5.32 Å². The van der Waals surface area contributed by atoms with E-state index in [1.165, 1.54) is 19.9 Å². The topological polar surface area (TPSA) is 49.4 Å². The van der Waals surface area contributed by atoms with Crippen molar-refractivity contribution in [3.05, 3.63) is 65.7 Å². The summed E-state index contributed by atoms with van der Waals surface area (Å²) in [4.78, 5) is 27.4. The zero-order valence-electron chi connectivity index (χ0n) is 15.9. The van der Waals surface area contributed by atoms with Crippen LogP contribution in [0.2, 0.25) is 0 Å². The minimum Gasteiger partial charge on any atom is -0.335 e. The maximum Gasteiger partial charge on any atom is 0.239 e. The monoisotopic (exact) mass is 374 g/mol. The molecule has 2 amide bonds. The molecule has 0 saturated heterocycles. The Hall–Kier alpha value is -2.76. The normalized spacial score (nSPS) is 11.4. The fourth-order valence-electron chi connectivity index (χ4n) is 2.59. The van der Waals surface area contributed by atoms with Gasteiger partial charge in [0, 0.05) is 24.3 Å². The highest BCUT2D eigenvalue weighted by atomic mass is 19.2. The van der Waals surface area contributed by atoms with Gasteiger partial charge in [0.15, 0.2) is 11.6 Å². The predicted octanol–water partition coefficient (Wildman–Crippen LogP) is 4.37. The average molecular weight is 374 g/mol. The number of benzene rings is 2. The molecule has 1 N–H and O–H groups in total. The highest BCUT2D eigenvalue weighted by Crippen LogP contribution is 2.25. The third-order valence-corrected chi connectivity index (χ3v) is 4.36. The number of hydrogen-bond acceptors (Lipinski definition) is 2. The Morgan fingerprint density at radius 2 is 1.67 bits per heavy atom. The van der Waals surface area contributed by atoms with Gasteiger partial charge in [-0.05, 0) is 45.4 Å². The van der Waals surface area contributed by atoms with E-state index in [2.05, 4.69) is 5.32 Å². The molecule has 6 heteroatoms. The molecule has 2 rings (SSSR count). The first-order chi connectivity index (χ1) is 12.6. The van der Waals surface area contributed by atoms with Gasteiger partial charge in [0.05, 0.1) is 0 Å². The van der Waals surface area contributed by atoms with Crippen LogP contribution in [0.5, 0.6) is 0 Å². The van der Waals surface area contributed by atoms with E-state index in [-0.39, 0.29) is 17.6 Å². The maximum atomic E-state index is 13.4. The third-order valence-electron chi connectivity index (χ3n) is 4.36. The van der Waals surface area contributed by atoms with Gasteiger partial charge in [0.1, 0.15) is 5.41 Å². The van der Waals surface area contributed by atoms with Crippen molar-refractivity contribution in [2.24, 2.45) is 5.41 Å². The van der Waals surface area contributed by atoms with Crippen LogP contribution in [0.4, 0.5) is 14.5 Å². The number of amides is 2.